The summed E-state index contributed by atoms with van der Waals surface area (Å²) in [7, 11) is 3.02. The van der Waals surface area contributed by atoms with Crippen LogP contribution in [0.15, 0.2) is 42.5 Å². The van der Waals surface area contributed by atoms with E-state index in [2.05, 4.69) is 15.4 Å². The number of anilines is 1. The number of amides is 1. The second kappa shape index (κ2) is 7.51. The molecule has 0 aliphatic carbocycles. The molecular formula is C20H17FN4O3S. The second-order valence-corrected chi connectivity index (χ2v) is 7.22. The predicted octanol–water partition coefficient (Wildman–Crippen LogP) is 4.20. The van der Waals surface area contributed by atoms with Gasteiger partial charge in [-0.15, -0.1) is 0 Å². The van der Waals surface area contributed by atoms with Gasteiger partial charge in [0.2, 0.25) is 5.13 Å². The number of hydrogen-bond donors (Lipinski definition) is 1. The van der Waals surface area contributed by atoms with E-state index in [1.165, 1.54) is 42.4 Å². The molecule has 9 heteroatoms. The minimum atomic E-state index is -0.381. The van der Waals surface area contributed by atoms with Crippen LogP contribution in [0.3, 0.4) is 0 Å². The number of carbonyl (C=O) groups excluding carboxylic acids is 1. The highest BCUT2D eigenvalue weighted by atomic mass is 32.1. The molecule has 2 aromatic carbocycles. The standard InChI is InChI=1S/C20H17FN4O3S/c1-11-8-18(23-19(26)14-10-13(27-2)5-7-16(14)28-3)25(24-11)20-22-15-6-4-12(21)9-17(15)29-20/h4-10H,1-3H3,(H,23,26). The Labute approximate surface area is 169 Å². The molecule has 0 unspecified atom stereocenters. The van der Waals surface area contributed by atoms with Crippen molar-refractivity contribution in [2.75, 3.05) is 19.5 Å². The Hall–Kier alpha value is -3.46. The molecule has 148 valence electrons. The number of carbonyl (C=O) groups is 1. The van der Waals surface area contributed by atoms with E-state index in [1.807, 2.05) is 6.92 Å². The first-order valence-corrected chi connectivity index (χ1v) is 9.46. The molecule has 0 bridgehead atoms. The summed E-state index contributed by atoms with van der Waals surface area (Å²) < 4.78 is 26.2. The Morgan fingerprint density at radius 3 is 2.72 bits per heavy atom. The number of thiazole rings is 1. The van der Waals surface area contributed by atoms with Gasteiger partial charge >= 0.3 is 0 Å². The zero-order valence-electron chi connectivity index (χ0n) is 15.9. The fourth-order valence-corrected chi connectivity index (χ4v) is 3.84. The highest BCUT2D eigenvalue weighted by Crippen LogP contribution is 2.29. The number of nitrogens with one attached hydrogen (secondary N) is 1. The molecule has 0 saturated heterocycles. The lowest BCUT2D eigenvalue weighted by molar-refractivity contribution is 0.102. The molecule has 0 spiro atoms. The zero-order valence-corrected chi connectivity index (χ0v) is 16.7. The lowest BCUT2D eigenvalue weighted by atomic mass is 10.1. The number of methoxy groups -OCH3 is 2. The maximum absolute atomic E-state index is 13.5. The van der Waals surface area contributed by atoms with Crippen molar-refractivity contribution in [2.45, 2.75) is 6.92 Å². The smallest absolute Gasteiger partial charge is 0.260 e. The van der Waals surface area contributed by atoms with Crippen LogP contribution in [0.5, 0.6) is 11.5 Å². The molecule has 0 saturated carbocycles. The number of rotatable bonds is 5. The lowest BCUT2D eigenvalue weighted by Gasteiger charge is -2.11. The van der Waals surface area contributed by atoms with E-state index >= 15 is 0 Å². The summed E-state index contributed by atoms with van der Waals surface area (Å²) in [6.07, 6.45) is 0. The number of aromatic nitrogens is 3. The van der Waals surface area contributed by atoms with Gasteiger partial charge < -0.3 is 14.8 Å². The molecule has 0 radical (unpaired) electrons. The molecule has 4 rings (SSSR count). The summed E-state index contributed by atoms with van der Waals surface area (Å²) in [5.74, 6) is 0.685. The van der Waals surface area contributed by atoms with E-state index in [4.69, 9.17) is 9.47 Å². The van der Waals surface area contributed by atoms with Gasteiger partial charge in [-0.2, -0.15) is 9.78 Å². The number of hydrogen-bond acceptors (Lipinski definition) is 6. The number of fused-ring (bicyclic) bond motifs is 1. The van der Waals surface area contributed by atoms with Gasteiger partial charge in [-0.1, -0.05) is 11.3 Å². The average Bonchev–Trinajstić information content (AvgIpc) is 3.29. The molecule has 1 amide bonds. The first-order valence-electron chi connectivity index (χ1n) is 8.65. The van der Waals surface area contributed by atoms with Gasteiger partial charge in [0.25, 0.3) is 5.91 Å². The third-order valence-electron chi connectivity index (χ3n) is 4.24. The summed E-state index contributed by atoms with van der Waals surface area (Å²) in [5, 5.41) is 7.79. The molecule has 0 atom stereocenters. The van der Waals surface area contributed by atoms with Crippen LogP contribution in [0.4, 0.5) is 10.2 Å². The van der Waals surface area contributed by atoms with Crippen LogP contribution in [0.1, 0.15) is 16.1 Å². The highest BCUT2D eigenvalue weighted by Gasteiger charge is 2.18. The summed E-state index contributed by atoms with van der Waals surface area (Å²) in [6.45, 7) is 1.81. The summed E-state index contributed by atoms with van der Waals surface area (Å²) in [5.41, 5.74) is 1.68. The Kier molecular flexibility index (Phi) is 4.89. The number of nitrogens with zero attached hydrogens (tertiary/aromatic N) is 3. The maximum Gasteiger partial charge on any atom is 0.260 e. The van der Waals surface area contributed by atoms with Crippen molar-refractivity contribution in [3.05, 3.63) is 59.5 Å². The Balaban J connectivity index is 1.71. The summed E-state index contributed by atoms with van der Waals surface area (Å²) >= 11 is 1.28. The van der Waals surface area contributed by atoms with Crippen LogP contribution in [-0.2, 0) is 0 Å². The van der Waals surface area contributed by atoms with Crippen LogP contribution in [-0.4, -0.2) is 34.9 Å². The Morgan fingerprint density at radius 1 is 1.14 bits per heavy atom. The summed E-state index contributed by atoms with van der Waals surface area (Å²) in [6, 6.07) is 11.1. The molecule has 0 aliphatic heterocycles. The molecule has 4 aromatic rings. The average molecular weight is 412 g/mol. The first kappa shape index (κ1) is 18.9. The van der Waals surface area contributed by atoms with Gasteiger partial charge in [-0.3, -0.25) is 4.79 Å². The zero-order chi connectivity index (χ0) is 20.5. The molecule has 0 fully saturated rings. The normalized spacial score (nSPS) is 10.9. The van der Waals surface area contributed by atoms with E-state index in [1.54, 1.807) is 30.3 Å². The minimum absolute atomic E-state index is 0.323. The monoisotopic (exact) mass is 412 g/mol. The largest absolute Gasteiger partial charge is 0.497 e. The van der Waals surface area contributed by atoms with Crippen molar-refractivity contribution in [3.8, 4) is 16.6 Å². The Morgan fingerprint density at radius 2 is 1.97 bits per heavy atom. The van der Waals surface area contributed by atoms with Crippen molar-refractivity contribution < 1.29 is 18.7 Å². The highest BCUT2D eigenvalue weighted by molar-refractivity contribution is 7.20. The number of halogens is 1. The molecular weight excluding hydrogens is 395 g/mol. The van der Waals surface area contributed by atoms with Gasteiger partial charge in [-0.25, -0.2) is 9.37 Å². The van der Waals surface area contributed by atoms with Crippen molar-refractivity contribution in [3.63, 3.8) is 0 Å². The van der Waals surface area contributed by atoms with Gasteiger partial charge in [0.1, 0.15) is 23.1 Å². The molecule has 1 N–H and O–H groups in total. The number of aryl methyl sites for hydroxylation is 1. The topological polar surface area (TPSA) is 78.3 Å². The molecule has 29 heavy (non-hydrogen) atoms. The predicted molar refractivity (Wildman–Crippen MR) is 109 cm³/mol. The van der Waals surface area contributed by atoms with Crippen molar-refractivity contribution >= 4 is 33.3 Å². The lowest BCUT2D eigenvalue weighted by Crippen LogP contribution is -2.16. The van der Waals surface area contributed by atoms with Crippen molar-refractivity contribution in [2.24, 2.45) is 0 Å². The van der Waals surface area contributed by atoms with E-state index in [-0.39, 0.29) is 11.7 Å². The molecule has 7 nitrogen and oxygen atoms in total. The quantitative estimate of drug-likeness (QED) is 0.532. The van der Waals surface area contributed by atoms with E-state index < -0.39 is 0 Å². The third kappa shape index (κ3) is 3.64. The third-order valence-corrected chi connectivity index (χ3v) is 5.24. The fraction of sp³-hybridized carbons (Fsp3) is 0.150. The maximum atomic E-state index is 13.5. The minimum Gasteiger partial charge on any atom is -0.497 e. The first-order chi connectivity index (χ1) is 14.0. The van der Waals surface area contributed by atoms with Gasteiger partial charge in [0.05, 0.1) is 35.7 Å². The van der Waals surface area contributed by atoms with Crippen molar-refractivity contribution in [1.29, 1.82) is 0 Å². The molecule has 0 aliphatic rings. The number of benzene rings is 2. The van der Waals surface area contributed by atoms with E-state index in [0.29, 0.717) is 43.9 Å². The van der Waals surface area contributed by atoms with Gasteiger partial charge in [0.15, 0.2) is 0 Å². The van der Waals surface area contributed by atoms with Gasteiger partial charge in [0, 0.05) is 6.07 Å². The van der Waals surface area contributed by atoms with Crippen LogP contribution in [0, 0.1) is 12.7 Å². The van der Waals surface area contributed by atoms with Crippen LogP contribution in [0.25, 0.3) is 15.3 Å². The molecule has 2 aromatic heterocycles. The summed E-state index contributed by atoms with van der Waals surface area (Å²) in [4.78, 5) is 17.4. The van der Waals surface area contributed by atoms with E-state index in [9.17, 15) is 9.18 Å². The van der Waals surface area contributed by atoms with Crippen molar-refractivity contribution in [1.82, 2.24) is 14.8 Å². The van der Waals surface area contributed by atoms with E-state index in [0.717, 1.165) is 0 Å². The Bertz CT molecular complexity index is 1220. The SMILES string of the molecule is COc1ccc(OC)c(C(=O)Nc2cc(C)nn2-c2nc3ccc(F)cc3s2)c1. The fourth-order valence-electron chi connectivity index (χ4n) is 2.89. The molecule has 2 heterocycles. The number of ether oxygens (including phenoxy) is 2. The second-order valence-electron chi connectivity index (χ2n) is 6.21. The van der Waals surface area contributed by atoms with Crippen LogP contribution < -0.4 is 14.8 Å². The van der Waals surface area contributed by atoms with Crippen LogP contribution in [0.2, 0.25) is 0 Å². The van der Waals surface area contributed by atoms with Gasteiger partial charge in [-0.05, 0) is 43.3 Å². The van der Waals surface area contributed by atoms with Crippen LogP contribution >= 0.6 is 11.3 Å².